The molecule has 0 aliphatic rings. The average Bonchev–Trinajstić information content (AvgIpc) is 2.26. The van der Waals surface area contributed by atoms with Gasteiger partial charge in [-0.25, -0.2) is 4.79 Å². The van der Waals surface area contributed by atoms with Crippen molar-refractivity contribution in [2.75, 3.05) is 7.11 Å². The van der Waals surface area contributed by atoms with E-state index in [9.17, 15) is 24.1 Å². The molecule has 1 aromatic rings. The van der Waals surface area contributed by atoms with Gasteiger partial charge in [-0.05, 0) is 6.07 Å². The third-order valence-corrected chi connectivity index (χ3v) is 1.87. The van der Waals surface area contributed by atoms with Crippen LogP contribution in [0.4, 0.5) is 10.1 Å². The summed E-state index contributed by atoms with van der Waals surface area (Å²) in [5, 5.41) is 10.4. The first-order valence-corrected chi connectivity index (χ1v) is 4.03. The molecule has 0 radical (unpaired) electrons. The molecule has 0 aliphatic heterocycles. The van der Waals surface area contributed by atoms with Crippen LogP contribution in [-0.2, 0) is 4.74 Å². The molecule has 0 aromatic heterocycles. The summed E-state index contributed by atoms with van der Waals surface area (Å²) in [5.41, 5.74) is -1.91. The van der Waals surface area contributed by atoms with Crippen LogP contribution >= 0.6 is 0 Å². The summed E-state index contributed by atoms with van der Waals surface area (Å²) in [6, 6.07) is 1.80. The van der Waals surface area contributed by atoms with Crippen LogP contribution in [0.25, 0.3) is 0 Å². The van der Waals surface area contributed by atoms with Crippen molar-refractivity contribution in [2.24, 2.45) is 0 Å². The molecular weight excluding hydrogens is 221 g/mol. The van der Waals surface area contributed by atoms with E-state index in [1.165, 1.54) is 0 Å². The number of hydrogen-bond acceptors (Lipinski definition) is 5. The zero-order valence-electron chi connectivity index (χ0n) is 8.10. The third kappa shape index (κ3) is 1.88. The topological polar surface area (TPSA) is 86.5 Å². The first kappa shape index (κ1) is 11.8. The monoisotopic (exact) mass is 227 g/mol. The third-order valence-electron chi connectivity index (χ3n) is 1.87. The summed E-state index contributed by atoms with van der Waals surface area (Å²) in [5.74, 6) is -2.51. The molecule has 7 heteroatoms. The van der Waals surface area contributed by atoms with E-state index >= 15 is 0 Å². The Morgan fingerprint density at radius 2 is 2.19 bits per heavy atom. The fourth-order valence-corrected chi connectivity index (χ4v) is 1.13. The summed E-state index contributed by atoms with van der Waals surface area (Å²) < 4.78 is 17.7. The Kier molecular flexibility index (Phi) is 3.29. The van der Waals surface area contributed by atoms with Gasteiger partial charge in [-0.15, -0.1) is 0 Å². The molecule has 0 unspecified atom stereocenters. The van der Waals surface area contributed by atoms with Crippen molar-refractivity contribution < 1.29 is 23.6 Å². The van der Waals surface area contributed by atoms with E-state index in [0.717, 1.165) is 19.2 Å². The molecule has 0 fully saturated rings. The number of aldehydes is 1. The normalized spacial score (nSPS) is 9.62. The zero-order chi connectivity index (χ0) is 12.3. The second kappa shape index (κ2) is 4.47. The summed E-state index contributed by atoms with van der Waals surface area (Å²) in [4.78, 5) is 31.1. The minimum Gasteiger partial charge on any atom is -0.465 e. The van der Waals surface area contributed by atoms with E-state index in [4.69, 9.17) is 0 Å². The number of esters is 1. The Morgan fingerprint density at radius 3 is 2.62 bits per heavy atom. The van der Waals surface area contributed by atoms with E-state index in [2.05, 4.69) is 4.74 Å². The lowest BCUT2D eigenvalue weighted by molar-refractivity contribution is -0.387. The standard InChI is InChI=1S/C9H6FNO5/c1-16-9(13)7-5(4-12)2-3-6(8(7)10)11(14)15/h2-4H,1H3. The molecule has 0 amide bonds. The highest BCUT2D eigenvalue weighted by Gasteiger charge is 2.25. The Morgan fingerprint density at radius 1 is 1.56 bits per heavy atom. The molecule has 0 N–H and O–H groups in total. The summed E-state index contributed by atoms with van der Waals surface area (Å²) >= 11 is 0. The largest absolute Gasteiger partial charge is 0.465 e. The molecule has 0 spiro atoms. The van der Waals surface area contributed by atoms with Crippen molar-refractivity contribution in [3.8, 4) is 0 Å². The van der Waals surface area contributed by atoms with Crippen molar-refractivity contribution >= 4 is 17.9 Å². The molecule has 0 bridgehead atoms. The average molecular weight is 227 g/mol. The van der Waals surface area contributed by atoms with Crippen LogP contribution < -0.4 is 0 Å². The molecular formula is C9H6FNO5. The molecule has 84 valence electrons. The van der Waals surface area contributed by atoms with E-state index in [-0.39, 0.29) is 11.8 Å². The lowest BCUT2D eigenvalue weighted by Crippen LogP contribution is -2.10. The van der Waals surface area contributed by atoms with Gasteiger partial charge in [-0.3, -0.25) is 14.9 Å². The second-order valence-electron chi connectivity index (χ2n) is 2.73. The zero-order valence-corrected chi connectivity index (χ0v) is 8.10. The highest BCUT2D eigenvalue weighted by Crippen LogP contribution is 2.23. The predicted molar refractivity (Wildman–Crippen MR) is 49.8 cm³/mol. The van der Waals surface area contributed by atoms with E-state index in [0.29, 0.717) is 0 Å². The molecule has 0 aliphatic carbocycles. The minimum absolute atomic E-state index is 0.221. The minimum atomic E-state index is -1.37. The van der Waals surface area contributed by atoms with Crippen LogP contribution in [0.15, 0.2) is 12.1 Å². The summed E-state index contributed by atoms with van der Waals surface area (Å²) in [7, 11) is 0.981. The number of nitrogens with zero attached hydrogens (tertiary/aromatic N) is 1. The van der Waals surface area contributed by atoms with E-state index in [1.54, 1.807) is 0 Å². The Bertz CT molecular complexity index is 471. The number of carbonyl (C=O) groups excluding carboxylic acids is 2. The Labute approximate surface area is 88.8 Å². The van der Waals surface area contributed by atoms with Crippen molar-refractivity contribution in [2.45, 2.75) is 0 Å². The number of benzene rings is 1. The highest BCUT2D eigenvalue weighted by molar-refractivity contribution is 5.99. The molecule has 1 aromatic carbocycles. The van der Waals surface area contributed by atoms with Crippen molar-refractivity contribution in [3.63, 3.8) is 0 Å². The van der Waals surface area contributed by atoms with Gasteiger partial charge < -0.3 is 4.74 Å². The van der Waals surface area contributed by atoms with Crippen LogP contribution in [-0.4, -0.2) is 24.3 Å². The maximum Gasteiger partial charge on any atom is 0.341 e. The second-order valence-corrected chi connectivity index (χ2v) is 2.73. The highest BCUT2D eigenvalue weighted by atomic mass is 19.1. The Balaban J connectivity index is 3.52. The van der Waals surface area contributed by atoms with E-state index in [1.807, 2.05) is 0 Å². The van der Waals surface area contributed by atoms with Crippen LogP contribution in [0.5, 0.6) is 0 Å². The van der Waals surface area contributed by atoms with Crippen molar-refractivity contribution in [3.05, 3.63) is 39.2 Å². The van der Waals surface area contributed by atoms with Gasteiger partial charge >= 0.3 is 11.7 Å². The van der Waals surface area contributed by atoms with Crippen molar-refractivity contribution in [1.82, 2.24) is 0 Å². The van der Waals surface area contributed by atoms with Crippen LogP contribution in [0, 0.1) is 15.9 Å². The summed E-state index contributed by atoms with van der Waals surface area (Å²) in [6.45, 7) is 0. The number of carbonyl (C=O) groups is 2. The first-order chi connectivity index (χ1) is 7.52. The van der Waals surface area contributed by atoms with Crippen LogP contribution in [0.2, 0.25) is 0 Å². The van der Waals surface area contributed by atoms with E-state index < -0.39 is 28.0 Å². The van der Waals surface area contributed by atoms with Gasteiger partial charge in [-0.2, -0.15) is 4.39 Å². The molecule has 6 nitrogen and oxygen atoms in total. The smallest absolute Gasteiger partial charge is 0.341 e. The van der Waals surface area contributed by atoms with Gasteiger partial charge in [0.2, 0.25) is 5.82 Å². The molecule has 0 atom stereocenters. The van der Waals surface area contributed by atoms with Gasteiger partial charge in [0.15, 0.2) is 6.29 Å². The van der Waals surface area contributed by atoms with Gasteiger partial charge in [0.25, 0.3) is 0 Å². The van der Waals surface area contributed by atoms with Gasteiger partial charge in [-0.1, -0.05) is 0 Å². The number of methoxy groups -OCH3 is 1. The Hall–Kier alpha value is -2.31. The predicted octanol–water partition coefficient (Wildman–Crippen LogP) is 1.33. The number of halogens is 1. The van der Waals surface area contributed by atoms with Crippen LogP contribution in [0.3, 0.4) is 0 Å². The fourth-order valence-electron chi connectivity index (χ4n) is 1.13. The molecule has 16 heavy (non-hydrogen) atoms. The summed E-state index contributed by atoms with van der Waals surface area (Å²) in [6.07, 6.45) is 0.221. The number of rotatable bonds is 3. The maximum absolute atomic E-state index is 13.5. The lowest BCUT2D eigenvalue weighted by atomic mass is 10.1. The lowest BCUT2D eigenvalue weighted by Gasteiger charge is -2.04. The molecule has 0 heterocycles. The van der Waals surface area contributed by atoms with Gasteiger partial charge in [0, 0.05) is 11.6 Å². The first-order valence-electron chi connectivity index (χ1n) is 4.03. The fraction of sp³-hybridized carbons (Fsp3) is 0.111. The maximum atomic E-state index is 13.5. The number of nitro groups is 1. The van der Waals surface area contributed by atoms with Gasteiger partial charge in [0.05, 0.1) is 12.0 Å². The molecule has 0 saturated carbocycles. The number of ether oxygens (including phenoxy) is 1. The number of hydrogen-bond donors (Lipinski definition) is 0. The molecule has 0 saturated heterocycles. The SMILES string of the molecule is COC(=O)c1c(C=O)ccc([N+](=O)[O-])c1F. The van der Waals surface area contributed by atoms with Gasteiger partial charge in [0.1, 0.15) is 5.56 Å². The quantitative estimate of drug-likeness (QED) is 0.336. The van der Waals surface area contributed by atoms with Crippen LogP contribution in [0.1, 0.15) is 20.7 Å². The molecule has 1 rings (SSSR count). The number of nitro benzene ring substituents is 1. The van der Waals surface area contributed by atoms with Crippen molar-refractivity contribution in [1.29, 1.82) is 0 Å².